The first-order chi connectivity index (χ1) is 11.9. The van der Waals surface area contributed by atoms with Gasteiger partial charge in [0.1, 0.15) is 0 Å². The molecule has 0 bridgehead atoms. The lowest BCUT2D eigenvalue weighted by Gasteiger charge is -2.41. The number of anilines is 1. The van der Waals surface area contributed by atoms with Crippen molar-refractivity contribution in [1.82, 2.24) is 14.5 Å². The van der Waals surface area contributed by atoms with Crippen molar-refractivity contribution in [3.05, 3.63) is 42.0 Å². The van der Waals surface area contributed by atoms with Gasteiger partial charge in [0.25, 0.3) is 0 Å². The average Bonchev–Trinajstić information content (AvgIpc) is 3.25. The Morgan fingerprint density at radius 1 is 1.20 bits per heavy atom. The lowest BCUT2D eigenvalue weighted by atomic mass is 9.84. The maximum Gasteiger partial charge on any atom is 0.325 e. The summed E-state index contributed by atoms with van der Waals surface area (Å²) in [7, 11) is 0. The maximum absolute atomic E-state index is 13.4. The van der Waals surface area contributed by atoms with Crippen LogP contribution in [0.15, 0.2) is 30.7 Å². The predicted octanol–water partition coefficient (Wildman–Crippen LogP) is 4.27. The fraction of sp³-hybridized carbons (Fsp3) is 0.500. The molecule has 1 aromatic heterocycles. The van der Waals surface area contributed by atoms with Crippen LogP contribution in [0.5, 0.6) is 0 Å². The molecule has 0 N–H and O–H groups in total. The number of carbonyl (C=O) groups is 1. The number of carbonyl (C=O) groups excluding carboxylic acids is 1. The third-order valence-corrected chi connectivity index (χ3v) is 5.39. The number of para-hydroxylation sites is 1. The summed E-state index contributed by atoms with van der Waals surface area (Å²) >= 11 is 0. The van der Waals surface area contributed by atoms with Gasteiger partial charge < -0.3 is 4.90 Å². The Balaban J connectivity index is 1.93. The standard InChI is InChI=1S/C20H26N4O/c1-14-17-12-21-13-23(17)16-9-7-8-15(20(2,3)4)18(16)24(14)19(25)22-10-5-6-11-22/h7-9,12-14H,5-6,10-11H2,1-4H3. The molecule has 2 aliphatic rings. The SMILES string of the molecule is CC1c2cncn2-c2cccc(C(C)(C)C)c2N1C(=O)N1CCCC1. The van der Waals surface area contributed by atoms with Gasteiger partial charge in [-0.15, -0.1) is 0 Å². The van der Waals surface area contributed by atoms with E-state index in [1.54, 1.807) is 0 Å². The second kappa shape index (κ2) is 5.61. The summed E-state index contributed by atoms with van der Waals surface area (Å²) < 4.78 is 2.13. The van der Waals surface area contributed by atoms with E-state index in [9.17, 15) is 4.79 Å². The summed E-state index contributed by atoms with van der Waals surface area (Å²) in [5.74, 6) is 0. The van der Waals surface area contributed by atoms with E-state index in [1.807, 2.05) is 22.3 Å². The number of fused-ring (bicyclic) bond motifs is 3. The number of amides is 2. The van der Waals surface area contributed by atoms with Gasteiger partial charge in [0.05, 0.1) is 35.6 Å². The lowest BCUT2D eigenvalue weighted by Crippen LogP contribution is -2.46. The summed E-state index contributed by atoms with van der Waals surface area (Å²) in [6, 6.07) is 6.41. The number of likely N-dealkylation sites (tertiary alicyclic amines) is 1. The molecule has 2 amide bonds. The van der Waals surface area contributed by atoms with Crippen molar-refractivity contribution >= 4 is 11.7 Å². The van der Waals surface area contributed by atoms with Gasteiger partial charge in [0, 0.05) is 13.1 Å². The molecule has 5 heteroatoms. The molecular weight excluding hydrogens is 312 g/mol. The van der Waals surface area contributed by atoms with Crippen molar-refractivity contribution < 1.29 is 4.79 Å². The van der Waals surface area contributed by atoms with Crippen LogP contribution in [0.2, 0.25) is 0 Å². The number of hydrogen-bond donors (Lipinski definition) is 0. The Hall–Kier alpha value is -2.30. The number of urea groups is 1. The number of imidazole rings is 1. The molecule has 1 unspecified atom stereocenters. The molecule has 5 nitrogen and oxygen atoms in total. The number of aromatic nitrogens is 2. The maximum atomic E-state index is 13.4. The van der Waals surface area contributed by atoms with E-state index >= 15 is 0 Å². The van der Waals surface area contributed by atoms with Gasteiger partial charge >= 0.3 is 6.03 Å². The fourth-order valence-corrected chi connectivity index (χ4v) is 4.05. The molecule has 2 aromatic rings. The van der Waals surface area contributed by atoms with Crippen LogP contribution in [0, 0.1) is 0 Å². The van der Waals surface area contributed by atoms with E-state index in [4.69, 9.17) is 0 Å². The molecule has 2 aliphatic heterocycles. The second-order valence-corrected chi connectivity index (χ2v) is 8.13. The van der Waals surface area contributed by atoms with E-state index in [2.05, 4.69) is 55.4 Å². The first kappa shape index (κ1) is 16.2. The third kappa shape index (κ3) is 2.44. The molecule has 25 heavy (non-hydrogen) atoms. The highest BCUT2D eigenvalue weighted by Gasteiger charge is 2.38. The van der Waals surface area contributed by atoms with Crippen LogP contribution in [-0.2, 0) is 5.41 Å². The average molecular weight is 338 g/mol. The number of nitrogens with zero attached hydrogens (tertiary/aromatic N) is 4. The topological polar surface area (TPSA) is 41.4 Å². The Labute approximate surface area is 149 Å². The largest absolute Gasteiger partial charge is 0.325 e. The van der Waals surface area contributed by atoms with Gasteiger partial charge in [-0.25, -0.2) is 9.78 Å². The van der Waals surface area contributed by atoms with Crippen LogP contribution in [0.4, 0.5) is 10.5 Å². The van der Waals surface area contributed by atoms with Crippen LogP contribution in [0.1, 0.15) is 57.8 Å². The summed E-state index contributed by atoms with van der Waals surface area (Å²) in [6.45, 7) is 10.4. The smallest absolute Gasteiger partial charge is 0.324 e. The van der Waals surface area contributed by atoms with Crippen LogP contribution in [0.3, 0.4) is 0 Å². The van der Waals surface area contributed by atoms with Gasteiger partial charge in [-0.2, -0.15) is 0 Å². The minimum atomic E-state index is -0.0489. The Kier molecular flexibility index (Phi) is 3.63. The first-order valence-corrected chi connectivity index (χ1v) is 9.14. The lowest BCUT2D eigenvalue weighted by molar-refractivity contribution is 0.212. The van der Waals surface area contributed by atoms with E-state index < -0.39 is 0 Å². The zero-order chi connectivity index (χ0) is 17.8. The Morgan fingerprint density at radius 3 is 2.60 bits per heavy atom. The molecule has 0 saturated carbocycles. The molecule has 1 atom stereocenters. The van der Waals surface area contributed by atoms with Gasteiger partial charge in [-0.3, -0.25) is 9.47 Å². The fourth-order valence-electron chi connectivity index (χ4n) is 4.05. The Bertz CT molecular complexity index is 811. The highest BCUT2D eigenvalue weighted by atomic mass is 16.2. The Morgan fingerprint density at radius 2 is 1.92 bits per heavy atom. The third-order valence-electron chi connectivity index (χ3n) is 5.39. The molecule has 0 radical (unpaired) electrons. The molecule has 4 rings (SSSR count). The van der Waals surface area contributed by atoms with Gasteiger partial charge in [-0.1, -0.05) is 32.9 Å². The van der Waals surface area contributed by atoms with Crippen LogP contribution in [0.25, 0.3) is 5.69 Å². The highest BCUT2D eigenvalue weighted by molar-refractivity contribution is 5.97. The minimum Gasteiger partial charge on any atom is -0.324 e. The van der Waals surface area contributed by atoms with Gasteiger partial charge in [0.15, 0.2) is 0 Å². The first-order valence-electron chi connectivity index (χ1n) is 9.14. The quantitative estimate of drug-likeness (QED) is 0.720. The summed E-state index contributed by atoms with van der Waals surface area (Å²) in [6.07, 6.45) is 5.93. The summed E-state index contributed by atoms with van der Waals surface area (Å²) in [5.41, 5.74) is 4.29. The van der Waals surface area contributed by atoms with Crippen LogP contribution in [-0.4, -0.2) is 33.6 Å². The van der Waals surface area contributed by atoms with Gasteiger partial charge in [-0.05, 0) is 36.8 Å². The highest BCUT2D eigenvalue weighted by Crippen LogP contribution is 2.44. The molecule has 1 saturated heterocycles. The van der Waals surface area contributed by atoms with E-state index in [-0.39, 0.29) is 17.5 Å². The van der Waals surface area contributed by atoms with E-state index in [1.165, 1.54) is 5.56 Å². The number of rotatable bonds is 0. The summed E-state index contributed by atoms with van der Waals surface area (Å²) in [4.78, 5) is 21.7. The molecule has 3 heterocycles. The van der Waals surface area contributed by atoms with Crippen molar-refractivity contribution in [1.29, 1.82) is 0 Å². The van der Waals surface area contributed by atoms with Crippen molar-refractivity contribution in [3.8, 4) is 5.69 Å². The van der Waals surface area contributed by atoms with Crippen molar-refractivity contribution in [2.24, 2.45) is 0 Å². The number of benzene rings is 1. The zero-order valence-corrected chi connectivity index (χ0v) is 15.5. The molecule has 1 fully saturated rings. The molecule has 1 aromatic carbocycles. The molecule has 0 aliphatic carbocycles. The molecule has 132 valence electrons. The van der Waals surface area contributed by atoms with Crippen LogP contribution < -0.4 is 4.90 Å². The van der Waals surface area contributed by atoms with Crippen molar-refractivity contribution in [2.45, 2.75) is 52.0 Å². The van der Waals surface area contributed by atoms with Gasteiger partial charge in [0.2, 0.25) is 0 Å². The van der Waals surface area contributed by atoms with Crippen molar-refractivity contribution in [3.63, 3.8) is 0 Å². The number of hydrogen-bond acceptors (Lipinski definition) is 2. The van der Waals surface area contributed by atoms with E-state index in [0.29, 0.717) is 0 Å². The molecular formula is C20H26N4O. The molecule has 0 spiro atoms. The van der Waals surface area contributed by atoms with Crippen molar-refractivity contribution in [2.75, 3.05) is 18.0 Å². The minimum absolute atomic E-state index is 0.0356. The summed E-state index contributed by atoms with van der Waals surface area (Å²) in [5, 5.41) is 0. The second-order valence-electron chi connectivity index (χ2n) is 8.13. The monoisotopic (exact) mass is 338 g/mol. The normalized spacial score (nSPS) is 19.8. The zero-order valence-electron chi connectivity index (χ0n) is 15.5. The van der Waals surface area contributed by atoms with E-state index in [0.717, 1.165) is 43.0 Å². The predicted molar refractivity (Wildman–Crippen MR) is 99.4 cm³/mol. The van der Waals surface area contributed by atoms with Crippen LogP contribution >= 0.6 is 0 Å².